The van der Waals surface area contributed by atoms with E-state index in [1.807, 2.05) is 6.92 Å². The maximum absolute atomic E-state index is 11.9. The van der Waals surface area contributed by atoms with Gasteiger partial charge in [0.25, 0.3) is 11.8 Å². The first-order valence-corrected chi connectivity index (χ1v) is 6.42. The summed E-state index contributed by atoms with van der Waals surface area (Å²) in [6.07, 6.45) is 0.533. The van der Waals surface area contributed by atoms with Gasteiger partial charge >= 0.3 is 0 Å². The van der Waals surface area contributed by atoms with Crippen LogP contribution in [0.5, 0.6) is 0 Å². The minimum absolute atomic E-state index is 0.0525. The quantitative estimate of drug-likeness (QED) is 0.864. The topological polar surface area (TPSA) is 88.2 Å². The van der Waals surface area contributed by atoms with Crippen molar-refractivity contribution in [3.63, 3.8) is 0 Å². The van der Waals surface area contributed by atoms with Crippen LogP contribution in [0.3, 0.4) is 0 Å². The molecule has 0 aliphatic carbocycles. The number of carbonyl (C=O) groups is 1. The third-order valence-electron chi connectivity index (χ3n) is 2.86. The van der Waals surface area contributed by atoms with Gasteiger partial charge in [-0.25, -0.2) is 0 Å². The van der Waals surface area contributed by atoms with E-state index in [9.17, 15) is 4.79 Å². The summed E-state index contributed by atoms with van der Waals surface area (Å²) in [5.74, 6) is 0.835. The molecule has 0 saturated heterocycles. The van der Waals surface area contributed by atoms with Gasteiger partial charge in [-0.1, -0.05) is 5.16 Å². The summed E-state index contributed by atoms with van der Waals surface area (Å²) in [4.78, 5) is 16.1. The lowest BCUT2D eigenvalue weighted by atomic mass is 10.1. The summed E-state index contributed by atoms with van der Waals surface area (Å²) in [6.45, 7) is 3.65. The number of aliphatic hydroxyl groups is 1. The van der Waals surface area contributed by atoms with Gasteiger partial charge in [-0.15, -0.1) is 0 Å². The Bertz CT molecular complexity index is 578. The van der Waals surface area contributed by atoms with Gasteiger partial charge in [-0.05, 0) is 44.5 Å². The maximum atomic E-state index is 11.9. The van der Waals surface area contributed by atoms with Crippen LogP contribution in [-0.2, 0) is 0 Å². The average Bonchev–Trinajstić information content (AvgIpc) is 2.86. The molecule has 2 N–H and O–H groups in total. The summed E-state index contributed by atoms with van der Waals surface area (Å²) >= 11 is 0. The molecule has 20 heavy (non-hydrogen) atoms. The first-order chi connectivity index (χ1) is 9.60. The van der Waals surface area contributed by atoms with Gasteiger partial charge in [0.05, 0.1) is 0 Å². The highest BCUT2D eigenvalue weighted by Crippen LogP contribution is 2.17. The zero-order chi connectivity index (χ0) is 14.5. The van der Waals surface area contributed by atoms with Crippen molar-refractivity contribution in [2.75, 3.05) is 6.61 Å². The van der Waals surface area contributed by atoms with Crippen LogP contribution in [0.1, 0.15) is 29.5 Å². The van der Waals surface area contributed by atoms with Crippen molar-refractivity contribution in [1.29, 1.82) is 0 Å². The molecule has 0 bridgehead atoms. The number of aliphatic hydroxyl groups excluding tert-OH is 1. The molecule has 6 nitrogen and oxygen atoms in total. The number of amides is 1. The predicted molar refractivity (Wildman–Crippen MR) is 73.1 cm³/mol. The van der Waals surface area contributed by atoms with Crippen molar-refractivity contribution < 1.29 is 14.4 Å². The number of nitrogens with one attached hydrogen (secondary N) is 1. The number of carbonyl (C=O) groups excluding carboxylic acids is 1. The Labute approximate surface area is 116 Å². The number of rotatable bonds is 5. The predicted octanol–water partition coefficient (Wildman–Crippen LogP) is 1.55. The number of aryl methyl sites for hydroxylation is 1. The first kappa shape index (κ1) is 14.2. The van der Waals surface area contributed by atoms with E-state index in [4.69, 9.17) is 9.63 Å². The minimum Gasteiger partial charge on any atom is -0.396 e. The monoisotopic (exact) mass is 275 g/mol. The van der Waals surface area contributed by atoms with Gasteiger partial charge in [0.1, 0.15) is 0 Å². The SMILES string of the molecule is Cc1noc(-c2ccc(C(=O)NC(C)CCO)cc2)n1. The van der Waals surface area contributed by atoms with E-state index < -0.39 is 0 Å². The second kappa shape index (κ2) is 6.29. The van der Waals surface area contributed by atoms with Crippen LogP contribution in [0, 0.1) is 6.92 Å². The zero-order valence-corrected chi connectivity index (χ0v) is 11.5. The van der Waals surface area contributed by atoms with Gasteiger partial charge in [0.15, 0.2) is 5.82 Å². The lowest BCUT2D eigenvalue weighted by molar-refractivity contribution is 0.0934. The normalized spacial score (nSPS) is 12.2. The molecule has 1 heterocycles. The average molecular weight is 275 g/mol. The standard InChI is InChI=1S/C14H17N3O3/c1-9(7-8-18)15-13(19)11-3-5-12(6-4-11)14-16-10(2)17-20-14/h3-6,9,18H,7-8H2,1-2H3,(H,15,19). The van der Waals surface area contributed by atoms with Gasteiger partial charge < -0.3 is 14.9 Å². The summed E-state index contributed by atoms with van der Waals surface area (Å²) in [6, 6.07) is 6.87. The Morgan fingerprint density at radius 1 is 1.40 bits per heavy atom. The van der Waals surface area contributed by atoms with Crippen molar-refractivity contribution >= 4 is 5.91 Å². The Morgan fingerprint density at radius 3 is 2.65 bits per heavy atom. The third-order valence-corrected chi connectivity index (χ3v) is 2.86. The summed E-state index contributed by atoms with van der Waals surface area (Å²) < 4.78 is 5.06. The van der Waals surface area contributed by atoms with E-state index in [2.05, 4.69) is 15.5 Å². The molecule has 1 aromatic heterocycles. The molecule has 0 saturated carbocycles. The highest BCUT2D eigenvalue weighted by atomic mass is 16.5. The second-order valence-electron chi connectivity index (χ2n) is 4.61. The molecule has 2 aromatic rings. The van der Waals surface area contributed by atoms with Gasteiger partial charge in [-0.2, -0.15) is 4.98 Å². The summed E-state index contributed by atoms with van der Waals surface area (Å²) in [7, 11) is 0. The number of hydrogen-bond acceptors (Lipinski definition) is 5. The highest BCUT2D eigenvalue weighted by Gasteiger charge is 2.11. The molecular formula is C14H17N3O3. The fourth-order valence-electron chi connectivity index (χ4n) is 1.75. The lowest BCUT2D eigenvalue weighted by Gasteiger charge is -2.12. The number of nitrogens with zero attached hydrogens (tertiary/aromatic N) is 2. The Morgan fingerprint density at radius 2 is 2.10 bits per heavy atom. The summed E-state index contributed by atoms with van der Waals surface area (Å²) in [5.41, 5.74) is 1.32. The van der Waals surface area contributed by atoms with Crippen molar-refractivity contribution in [3.05, 3.63) is 35.7 Å². The molecule has 1 atom stereocenters. The number of hydrogen-bond donors (Lipinski definition) is 2. The Hall–Kier alpha value is -2.21. The molecule has 0 aliphatic heterocycles. The van der Waals surface area contributed by atoms with Crippen LogP contribution in [0.4, 0.5) is 0 Å². The fraction of sp³-hybridized carbons (Fsp3) is 0.357. The molecule has 1 aromatic carbocycles. The van der Waals surface area contributed by atoms with Gasteiger partial charge in [0.2, 0.25) is 0 Å². The molecule has 0 spiro atoms. The van der Waals surface area contributed by atoms with Crippen molar-refractivity contribution in [3.8, 4) is 11.5 Å². The van der Waals surface area contributed by atoms with Crippen molar-refractivity contribution in [2.45, 2.75) is 26.3 Å². The van der Waals surface area contributed by atoms with E-state index >= 15 is 0 Å². The number of benzene rings is 1. The minimum atomic E-state index is -0.167. The molecule has 0 radical (unpaired) electrons. The van der Waals surface area contributed by atoms with Crippen LogP contribution < -0.4 is 5.32 Å². The fourth-order valence-corrected chi connectivity index (χ4v) is 1.75. The maximum Gasteiger partial charge on any atom is 0.257 e. The highest BCUT2D eigenvalue weighted by molar-refractivity contribution is 5.94. The molecular weight excluding hydrogens is 258 g/mol. The molecule has 0 fully saturated rings. The van der Waals surface area contributed by atoms with Crippen molar-refractivity contribution in [2.24, 2.45) is 0 Å². The van der Waals surface area contributed by atoms with E-state index in [0.717, 1.165) is 5.56 Å². The number of aromatic nitrogens is 2. The second-order valence-corrected chi connectivity index (χ2v) is 4.61. The van der Waals surface area contributed by atoms with Crippen LogP contribution in [0.15, 0.2) is 28.8 Å². The molecule has 0 aliphatic rings. The third kappa shape index (κ3) is 3.42. The van der Waals surface area contributed by atoms with Crippen LogP contribution in [-0.4, -0.2) is 33.8 Å². The van der Waals surface area contributed by atoms with E-state index in [0.29, 0.717) is 23.7 Å². The molecule has 106 valence electrons. The summed E-state index contributed by atoms with van der Waals surface area (Å²) in [5, 5.41) is 15.3. The molecule has 1 unspecified atom stereocenters. The zero-order valence-electron chi connectivity index (χ0n) is 11.5. The van der Waals surface area contributed by atoms with E-state index in [1.165, 1.54) is 0 Å². The van der Waals surface area contributed by atoms with Gasteiger partial charge in [-0.3, -0.25) is 4.79 Å². The Kier molecular flexibility index (Phi) is 4.47. The first-order valence-electron chi connectivity index (χ1n) is 6.42. The van der Waals surface area contributed by atoms with E-state index in [1.54, 1.807) is 31.2 Å². The Balaban J connectivity index is 2.06. The van der Waals surface area contributed by atoms with Crippen LogP contribution in [0.25, 0.3) is 11.5 Å². The van der Waals surface area contributed by atoms with E-state index in [-0.39, 0.29) is 18.6 Å². The van der Waals surface area contributed by atoms with Crippen molar-refractivity contribution in [1.82, 2.24) is 15.5 Å². The van der Waals surface area contributed by atoms with Gasteiger partial charge in [0, 0.05) is 23.8 Å². The van der Waals surface area contributed by atoms with Crippen LogP contribution in [0.2, 0.25) is 0 Å². The molecule has 2 rings (SSSR count). The largest absolute Gasteiger partial charge is 0.396 e. The molecule has 1 amide bonds. The van der Waals surface area contributed by atoms with Crippen LogP contribution >= 0.6 is 0 Å². The molecule has 6 heteroatoms. The lowest BCUT2D eigenvalue weighted by Crippen LogP contribution is -2.33. The smallest absolute Gasteiger partial charge is 0.257 e.